The van der Waals surface area contributed by atoms with Crippen molar-refractivity contribution in [3.8, 4) is 0 Å². The number of benzene rings is 1. The van der Waals surface area contributed by atoms with Gasteiger partial charge < -0.3 is 5.32 Å². The van der Waals surface area contributed by atoms with Gasteiger partial charge in [-0.3, -0.25) is 9.69 Å². The van der Waals surface area contributed by atoms with Gasteiger partial charge in [0.2, 0.25) is 15.9 Å². The molecule has 1 aromatic heterocycles. The Balaban J connectivity index is 1.52. The lowest BCUT2D eigenvalue weighted by atomic mass is 9.97. The van der Waals surface area contributed by atoms with E-state index in [9.17, 15) is 13.2 Å². The van der Waals surface area contributed by atoms with E-state index in [0.717, 1.165) is 24.6 Å². The third-order valence-corrected chi connectivity index (χ3v) is 8.17. The molecule has 1 aliphatic heterocycles. The topological polar surface area (TPSA) is 78.5 Å². The van der Waals surface area contributed by atoms with E-state index in [2.05, 4.69) is 39.4 Å². The van der Waals surface area contributed by atoms with Gasteiger partial charge in [0.05, 0.1) is 10.9 Å². The Labute approximate surface area is 183 Å². The zero-order valence-electron chi connectivity index (χ0n) is 17.6. The van der Waals surface area contributed by atoms with Gasteiger partial charge in [-0.1, -0.05) is 25.1 Å². The van der Waals surface area contributed by atoms with Gasteiger partial charge in [-0.15, -0.1) is 11.3 Å². The second-order valence-electron chi connectivity index (χ2n) is 7.91. The lowest BCUT2D eigenvalue weighted by Gasteiger charge is -2.36. The maximum absolute atomic E-state index is 12.5. The number of carbonyl (C=O) groups is 1. The van der Waals surface area contributed by atoms with Crippen molar-refractivity contribution >= 4 is 27.3 Å². The Hall–Kier alpha value is -1.74. The van der Waals surface area contributed by atoms with Crippen LogP contribution in [0, 0.1) is 5.92 Å². The van der Waals surface area contributed by atoms with Crippen LogP contribution in [0.1, 0.15) is 42.7 Å². The highest BCUT2D eigenvalue weighted by atomic mass is 32.2. The van der Waals surface area contributed by atoms with Gasteiger partial charge in [-0.2, -0.15) is 0 Å². The highest BCUT2D eigenvalue weighted by Gasteiger charge is 2.25. The maximum Gasteiger partial charge on any atom is 0.240 e. The molecule has 0 bridgehead atoms. The first-order chi connectivity index (χ1) is 14.4. The number of likely N-dealkylation sites (tertiary alicyclic amines) is 1. The molecule has 1 fully saturated rings. The molecule has 8 heteroatoms. The average molecular weight is 450 g/mol. The number of thiophene rings is 1. The molecule has 0 saturated carbocycles. The van der Waals surface area contributed by atoms with Crippen LogP contribution in [0.25, 0.3) is 0 Å². The van der Waals surface area contributed by atoms with Crippen molar-refractivity contribution in [2.75, 3.05) is 26.7 Å². The van der Waals surface area contributed by atoms with Gasteiger partial charge in [0.15, 0.2) is 0 Å². The summed E-state index contributed by atoms with van der Waals surface area (Å²) in [4.78, 5) is 16.5. The van der Waals surface area contributed by atoms with Crippen molar-refractivity contribution in [3.05, 3.63) is 52.2 Å². The lowest BCUT2D eigenvalue weighted by molar-refractivity contribution is -0.121. The Kier molecular flexibility index (Phi) is 8.05. The number of piperidine rings is 1. The number of hydrogen-bond donors (Lipinski definition) is 2. The average Bonchev–Trinajstić information content (AvgIpc) is 3.28. The van der Waals surface area contributed by atoms with Crippen molar-refractivity contribution in [3.63, 3.8) is 0 Å². The number of sulfonamides is 1. The Bertz CT molecular complexity index is 904. The smallest absolute Gasteiger partial charge is 0.240 e. The predicted octanol–water partition coefficient (Wildman–Crippen LogP) is 3.18. The number of rotatable bonds is 9. The molecule has 2 N–H and O–H groups in total. The quantitative estimate of drug-likeness (QED) is 0.616. The van der Waals surface area contributed by atoms with E-state index in [1.54, 1.807) is 35.6 Å². The third-order valence-electron chi connectivity index (χ3n) is 5.77. The summed E-state index contributed by atoms with van der Waals surface area (Å²) in [6.45, 7) is 5.07. The maximum atomic E-state index is 12.5. The monoisotopic (exact) mass is 449 g/mol. The minimum Gasteiger partial charge on any atom is -0.354 e. The second-order valence-corrected chi connectivity index (χ2v) is 10.8. The standard InChI is InChI=1S/C22H31N3O3S2/c1-17-11-13-25(14-12-17)20(21-4-3-15-29-21)16-24-22(26)10-7-18-5-8-19(9-6-18)30(27,28)23-2/h3-6,8-9,15,17,20,23H,7,10-14,16H2,1-2H3,(H,24,26). The highest BCUT2D eigenvalue weighted by molar-refractivity contribution is 7.89. The molecule has 1 aliphatic rings. The van der Waals surface area contributed by atoms with Crippen LogP contribution in [0.15, 0.2) is 46.7 Å². The van der Waals surface area contributed by atoms with E-state index in [0.29, 0.717) is 19.4 Å². The zero-order chi connectivity index (χ0) is 21.6. The summed E-state index contributed by atoms with van der Waals surface area (Å²) in [6.07, 6.45) is 3.37. The lowest BCUT2D eigenvalue weighted by Crippen LogP contribution is -2.41. The summed E-state index contributed by atoms with van der Waals surface area (Å²) in [6, 6.07) is 11.1. The van der Waals surface area contributed by atoms with Crippen LogP contribution >= 0.6 is 11.3 Å². The number of nitrogens with one attached hydrogen (secondary N) is 2. The molecule has 1 aromatic carbocycles. The van der Waals surface area contributed by atoms with Crippen LogP contribution < -0.4 is 10.0 Å². The first-order valence-electron chi connectivity index (χ1n) is 10.5. The van der Waals surface area contributed by atoms with Crippen molar-refractivity contribution < 1.29 is 13.2 Å². The van der Waals surface area contributed by atoms with E-state index >= 15 is 0 Å². The summed E-state index contributed by atoms with van der Waals surface area (Å²) >= 11 is 1.75. The number of amides is 1. The van der Waals surface area contributed by atoms with Crippen LogP contribution in [0.2, 0.25) is 0 Å². The third kappa shape index (κ3) is 6.14. The molecule has 0 aliphatic carbocycles. The SMILES string of the molecule is CNS(=O)(=O)c1ccc(CCC(=O)NCC(c2cccs2)N2CCC(C)CC2)cc1. The van der Waals surface area contributed by atoms with Crippen LogP contribution in [0.5, 0.6) is 0 Å². The number of hydrogen-bond acceptors (Lipinski definition) is 5. The summed E-state index contributed by atoms with van der Waals surface area (Å²) in [5, 5.41) is 5.21. The number of aryl methyl sites for hydroxylation is 1. The molecule has 2 aromatic rings. The molecule has 30 heavy (non-hydrogen) atoms. The van der Waals surface area contributed by atoms with Crippen LogP contribution in [-0.4, -0.2) is 45.9 Å². The normalized spacial score (nSPS) is 17.0. The van der Waals surface area contributed by atoms with Gasteiger partial charge in [0.25, 0.3) is 0 Å². The second kappa shape index (κ2) is 10.5. The van der Waals surface area contributed by atoms with E-state index in [4.69, 9.17) is 0 Å². The Morgan fingerprint density at radius 1 is 1.20 bits per heavy atom. The summed E-state index contributed by atoms with van der Waals surface area (Å²) in [5.41, 5.74) is 0.944. The molecule has 3 rings (SSSR count). The van der Waals surface area contributed by atoms with Gasteiger partial charge in [-0.05, 0) is 74.5 Å². The molecule has 0 radical (unpaired) electrons. The van der Waals surface area contributed by atoms with Crippen molar-refractivity contribution in [2.45, 2.75) is 43.5 Å². The van der Waals surface area contributed by atoms with E-state index < -0.39 is 10.0 Å². The van der Waals surface area contributed by atoms with Crippen LogP contribution in [0.4, 0.5) is 0 Å². The number of nitrogens with zero attached hydrogens (tertiary/aromatic N) is 1. The fraction of sp³-hybridized carbons (Fsp3) is 0.500. The van der Waals surface area contributed by atoms with Crippen molar-refractivity contribution in [2.24, 2.45) is 5.92 Å². The Morgan fingerprint density at radius 2 is 1.90 bits per heavy atom. The minimum absolute atomic E-state index is 0.0221. The molecular formula is C22H31N3O3S2. The summed E-state index contributed by atoms with van der Waals surface area (Å²) in [7, 11) is -2.04. The van der Waals surface area contributed by atoms with Gasteiger partial charge in [-0.25, -0.2) is 13.1 Å². The highest BCUT2D eigenvalue weighted by Crippen LogP contribution is 2.29. The molecule has 1 saturated heterocycles. The van der Waals surface area contributed by atoms with Crippen molar-refractivity contribution in [1.82, 2.24) is 14.9 Å². The summed E-state index contributed by atoms with van der Waals surface area (Å²) < 4.78 is 25.9. The van der Waals surface area contributed by atoms with E-state index in [1.165, 1.54) is 24.8 Å². The molecule has 0 spiro atoms. The van der Waals surface area contributed by atoms with E-state index in [1.807, 2.05) is 0 Å². The molecule has 1 unspecified atom stereocenters. The van der Waals surface area contributed by atoms with Crippen LogP contribution in [-0.2, 0) is 21.2 Å². The first kappa shape index (κ1) is 22.9. The van der Waals surface area contributed by atoms with Gasteiger partial charge in [0, 0.05) is 17.8 Å². The first-order valence-corrected chi connectivity index (χ1v) is 12.8. The molecule has 1 atom stereocenters. The van der Waals surface area contributed by atoms with E-state index in [-0.39, 0.29) is 16.8 Å². The molecule has 164 valence electrons. The summed E-state index contributed by atoms with van der Waals surface area (Å²) in [5.74, 6) is 0.795. The van der Waals surface area contributed by atoms with Crippen LogP contribution in [0.3, 0.4) is 0 Å². The number of carbonyl (C=O) groups excluding carboxylic acids is 1. The zero-order valence-corrected chi connectivity index (χ0v) is 19.3. The molecule has 1 amide bonds. The fourth-order valence-electron chi connectivity index (χ4n) is 3.74. The molecule has 6 nitrogen and oxygen atoms in total. The minimum atomic E-state index is -3.43. The largest absolute Gasteiger partial charge is 0.354 e. The predicted molar refractivity (Wildman–Crippen MR) is 121 cm³/mol. The van der Waals surface area contributed by atoms with Gasteiger partial charge in [0.1, 0.15) is 0 Å². The fourth-order valence-corrected chi connectivity index (χ4v) is 5.33. The molecule has 2 heterocycles. The Morgan fingerprint density at radius 3 is 2.50 bits per heavy atom. The van der Waals surface area contributed by atoms with Crippen molar-refractivity contribution in [1.29, 1.82) is 0 Å². The van der Waals surface area contributed by atoms with Gasteiger partial charge >= 0.3 is 0 Å². The molecular weight excluding hydrogens is 418 g/mol.